The summed E-state index contributed by atoms with van der Waals surface area (Å²) in [6.07, 6.45) is 0. The Labute approximate surface area is 106 Å². The number of benzene rings is 1. The van der Waals surface area contributed by atoms with Crippen molar-refractivity contribution < 1.29 is 17.8 Å². The van der Waals surface area contributed by atoms with Gasteiger partial charge in [-0.1, -0.05) is 17.7 Å². The maximum Gasteiger partial charge on any atom is 0.266 e. The number of fused-ring (bicyclic) bond motifs is 1. The maximum absolute atomic E-state index is 12.2. The number of carbonyl (C=O) groups is 1. The summed E-state index contributed by atoms with van der Waals surface area (Å²) in [5, 5.41) is 0. The van der Waals surface area contributed by atoms with Crippen molar-refractivity contribution in [1.29, 1.82) is 0 Å². The number of rotatable bonds is 2. The number of likely N-dealkylation sites (N-methyl/N-ethyl adjacent to an activating group) is 1. The van der Waals surface area contributed by atoms with E-state index in [1.807, 2.05) is 13.0 Å². The molecule has 1 aliphatic heterocycles. The summed E-state index contributed by atoms with van der Waals surface area (Å²) in [6.45, 7) is 3.42. The van der Waals surface area contributed by atoms with Gasteiger partial charge in [0.05, 0.1) is 11.2 Å². The zero-order valence-corrected chi connectivity index (χ0v) is 11.3. The van der Waals surface area contributed by atoms with Gasteiger partial charge in [0.1, 0.15) is 0 Å². The molecule has 0 bridgehead atoms. The molecule has 1 N–H and O–H groups in total. The van der Waals surface area contributed by atoms with Crippen molar-refractivity contribution in [2.45, 2.75) is 19.3 Å². The Morgan fingerprint density at radius 3 is 2.56 bits per heavy atom. The molecule has 0 aliphatic carbocycles. The molecule has 1 heterocycles. The van der Waals surface area contributed by atoms with Gasteiger partial charge in [-0.25, -0.2) is 0 Å². The van der Waals surface area contributed by atoms with Crippen LogP contribution in [0.4, 0.5) is 5.69 Å². The van der Waals surface area contributed by atoms with Crippen molar-refractivity contribution in [3.05, 3.63) is 29.3 Å². The van der Waals surface area contributed by atoms with Crippen molar-refractivity contribution in [1.82, 2.24) is 0 Å². The molecule has 1 aromatic carbocycles. The summed E-state index contributed by atoms with van der Waals surface area (Å²) in [5.74, 6) is -0.916. The summed E-state index contributed by atoms with van der Waals surface area (Å²) >= 11 is 0. The fourth-order valence-corrected chi connectivity index (χ4v) is 3.49. The Balaban J connectivity index is 2.64. The number of hydrogen-bond acceptors (Lipinski definition) is 3. The van der Waals surface area contributed by atoms with E-state index in [4.69, 9.17) is 4.55 Å². The molecule has 0 saturated heterocycles. The minimum Gasteiger partial charge on any atom is -0.314 e. The molecule has 18 heavy (non-hydrogen) atoms. The molecule has 5 nitrogen and oxygen atoms in total. The zero-order valence-electron chi connectivity index (χ0n) is 10.5. The van der Waals surface area contributed by atoms with Crippen LogP contribution in [0.3, 0.4) is 0 Å². The van der Waals surface area contributed by atoms with Crippen LogP contribution in [0.25, 0.3) is 0 Å². The lowest BCUT2D eigenvalue weighted by atomic mass is 9.85. The number of hydrogen-bond donors (Lipinski definition) is 1. The quantitative estimate of drug-likeness (QED) is 0.816. The Morgan fingerprint density at radius 2 is 2.00 bits per heavy atom. The van der Waals surface area contributed by atoms with Crippen LogP contribution in [0.5, 0.6) is 0 Å². The van der Waals surface area contributed by atoms with Gasteiger partial charge in [0.15, 0.2) is 0 Å². The van der Waals surface area contributed by atoms with Crippen LogP contribution in [0.1, 0.15) is 18.1 Å². The summed E-state index contributed by atoms with van der Waals surface area (Å²) in [4.78, 5) is 13.7. The first-order chi connectivity index (χ1) is 8.15. The molecular formula is C12H15NO4S. The highest BCUT2D eigenvalue weighted by Gasteiger charge is 2.48. The van der Waals surface area contributed by atoms with Gasteiger partial charge in [0.2, 0.25) is 5.91 Å². The summed E-state index contributed by atoms with van der Waals surface area (Å²) in [6, 6.07) is 5.45. The van der Waals surface area contributed by atoms with Gasteiger partial charge in [0, 0.05) is 12.7 Å². The highest BCUT2D eigenvalue weighted by molar-refractivity contribution is 7.85. The maximum atomic E-state index is 12.2. The van der Waals surface area contributed by atoms with Crippen LogP contribution in [0.15, 0.2) is 18.2 Å². The van der Waals surface area contributed by atoms with Gasteiger partial charge in [0.25, 0.3) is 10.1 Å². The second-order valence-corrected chi connectivity index (χ2v) is 6.40. The van der Waals surface area contributed by atoms with E-state index in [1.54, 1.807) is 26.1 Å². The molecule has 6 heteroatoms. The van der Waals surface area contributed by atoms with Gasteiger partial charge in [-0.2, -0.15) is 8.42 Å². The lowest BCUT2D eigenvalue weighted by molar-refractivity contribution is -0.121. The topological polar surface area (TPSA) is 74.7 Å². The monoisotopic (exact) mass is 269 g/mol. The molecule has 0 aromatic heterocycles. The first kappa shape index (κ1) is 13.0. The van der Waals surface area contributed by atoms with E-state index in [1.165, 1.54) is 4.90 Å². The Kier molecular flexibility index (Phi) is 2.75. The predicted molar refractivity (Wildman–Crippen MR) is 68.4 cm³/mol. The van der Waals surface area contributed by atoms with Crippen molar-refractivity contribution >= 4 is 21.7 Å². The first-order valence-electron chi connectivity index (χ1n) is 5.49. The fraction of sp³-hybridized carbons (Fsp3) is 0.417. The molecule has 1 atom stereocenters. The molecule has 1 unspecified atom stereocenters. The lowest BCUT2D eigenvalue weighted by Gasteiger charge is -2.21. The van der Waals surface area contributed by atoms with Gasteiger partial charge in [-0.3, -0.25) is 9.35 Å². The third-order valence-electron chi connectivity index (χ3n) is 3.36. The first-order valence-corrected chi connectivity index (χ1v) is 7.10. The molecule has 1 aromatic rings. The highest BCUT2D eigenvalue weighted by atomic mass is 32.2. The molecule has 0 spiro atoms. The van der Waals surface area contributed by atoms with Crippen LogP contribution >= 0.6 is 0 Å². The second-order valence-electron chi connectivity index (χ2n) is 4.94. The summed E-state index contributed by atoms with van der Waals surface area (Å²) < 4.78 is 31.3. The Morgan fingerprint density at radius 1 is 1.39 bits per heavy atom. The van der Waals surface area contributed by atoms with Gasteiger partial charge in [-0.05, 0) is 25.5 Å². The molecule has 0 saturated carbocycles. The molecule has 0 radical (unpaired) electrons. The average molecular weight is 269 g/mol. The minimum atomic E-state index is -4.23. The highest BCUT2D eigenvalue weighted by Crippen LogP contribution is 2.42. The third-order valence-corrected chi connectivity index (χ3v) is 4.30. The van der Waals surface area contributed by atoms with Gasteiger partial charge < -0.3 is 4.90 Å². The molecule has 98 valence electrons. The standard InChI is InChI=1S/C12H15NO4S/c1-8-4-5-10-9(6-8)12(2,7-18(15,16)17)11(14)13(10)3/h4-6H,7H2,1-3H3,(H,15,16,17). The molecule has 1 aliphatic rings. The number of anilines is 1. The third kappa shape index (κ3) is 1.91. The van der Waals surface area contributed by atoms with Crippen molar-refractivity contribution in [3.8, 4) is 0 Å². The minimum absolute atomic E-state index is 0.319. The Bertz CT molecular complexity index is 623. The van der Waals surface area contributed by atoms with Crippen LogP contribution in [0.2, 0.25) is 0 Å². The number of amides is 1. The number of nitrogens with zero attached hydrogens (tertiary/aromatic N) is 1. The summed E-state index contributed by atoms with van der Waals surface area (Å²) in [5.41, 5.74) is 1.06. The fourth-order valence-electron chi connectivity index (χ4n) is 2.48. The largest absolute Gasteiger partial charge is 0.314 e. The second kappa shape index (κ2) is 3.80. The molecular weight excluding hydrogens is 254 g/mol. The van der Waals surface area contributed by atoms with Gasteiger partial charge >= 0.3 is 0 Å². The molecule has 0 fully saturated rings. The van der Waals surface area contributed by atoms with E-state index in [0.717, 1.165) is 5.56 Å². The number of carbonyl (C=O) groups excluding carboxylic acids is 1. The Hall–Kier alpha value is -1.40. The van der Waals surface area contributed by atoms with E-state index >= 15 is 0 Å². The predicted octanol–water partition coefficient (Wildman–Crippen LogP) is 1.12. The van der Waals surface area contributed by atoms with E-state index in [0.29, 0.717) is 11.3 Å². The lowest BCUT2D eigenvalue weighted by Crippen LogP contribution is -2.41. The molecule has 1 amide bonds. The molecule has 2 rings (SSSR count). The van der Waals surface area contributed by atoms with E-state index < -0.39 is 21.3 Å². The normalized spacial score (nSPS) is 23.3. The van der Waals surface area contributed by atoms with E-state index in [9.17, 15) is 13.2 Å². The van der Waals surface area contributed by atoms with E-state index in [-0.39, 0.29) is 5.91 Å². The van der Waals surface area contributed by atoms with Crippen LogP contribution < -0.4 is 4.90 Å². The van der Waals surface area contributed by atoms with E-state index in [2.05, 4.69) is 0 Å². The summed E-state index contributed by atoms with van der Waals surface area (Å²) in [7, 11) is -2.62. The van der Waals surface area contributed by atoms with Crippen molar-refractivity contribution in [2.24, 2.45) is 0 Å². The zero-order chi connectivity index (χ0) is 13.7. The average Bonchev–Trinajstić information content (AvgIpc) is 2.39. The number of aryl methyl sites for hydroxylation is 1. The smallest absolute Gasteiger partial charge is 0.266 e. The van der Waals surface area contributed by atoms with Crippen LogP contribution in [0, 0.1) is 6.92 Å². The SMILES string of the molecule is Cc1ccc2c(c1)C(C)(CS(=O)(=O)O)C(=O)N2C. The van der Waals surface area contributed by atoms with Crippen LogP contribution in [-0.4, -0.2) is 31.7 Å². The van der Waals surface area contributed by atoms with Crippen molar-refractivity contribution in [3.63, 3.8) is 0 Å². The van der Waals surface area contributed by atoms with Gasteiger partial charge in [-0.15, -0.1) is 0 Å². The van der Waals surface area contributed by atoms with Crippen LogP contribution in [-0.2, 0) is 20.3 Å². The van der Waals surface area contributed by atoms with Crippen molar-refractivity contribution in [2.75, 3.05) is 17.7 Å².